The van der Waals surface area contributed by atoms with Crippen molar-refractivity contribution in [2.24, 2.45) is 11.8 Å². The first-order valence-corrected chi connectivity index (χ1v) is 7.34. The zero-order valence-corrected chi connectivity index (χ0v) is 13.4. The highest BCUT2D eigenvalue weighted by molar-refractivity contribution is 5.85. The van der Waals surface area contributed by atoms with E-state index in [1.807, 2.05) is 0 Å². The Balaban J connectivity index is 0.00000180. The van der Waals surface area contributed by atoms with Gasteiger partial charge in [0, 0.05) is 6.54 Å². The summed E-state index contributed by atoms with van der Waals surface area (Å²) in [7, 11) is 4.40. The van der Waals surface area contributed by atoms with Crippen molar-refractivity contribution in [1.29, 1.82) is 0 Å². The molecule has 2 atom stereocenters. The van der Waals surface area contributed by atoms with Gasteiger partial charge in [-0.2, -0.15) is 0 Å². The third-order valence-corrected chi connectivity index (χ3v) is 4.16. The molecule has 0 N–H and O–H groups in total. The molecule has 0 aliphatic heterocycles. The minimum Gasteiger partial charge on any atom is -0.309 e. The van der Waals surface area contributed by atoms with Crippen molar-refractivity contribution < 1.29 is 0 Å². The van der Waals surface area contributed by atoms with Gasteiger partial charge in [0.05, 0.1) is 0 Å². The predicted molar refractivity (Wildman–Crippen MR) is 86.1 cm³/mol. The lowest BCUT2D eigenvalue weighted by atomic mass is 9.78. The summed E-state index contributed by atoms with van der Waals surface area (Å²) in [6.07, 6.45) is 6.99. The van der Waals surface area contributed by atoms with E-state index in [0.29, 0.717) is 0 Å². The van der Waals surface area contributed by atoms with Crippen molar-refractivity contribution in [1.82, 2.24) is 4.90 Å². The normalized spacial score (nSPS) is 23.2. The molecule has 0 saturated heterocycles. The van der Waals surface area contributed by atoms with Gasteiger partial charge in [0.1, 0.15) is 0 Å². The van der Waals surface area contributed by atoms with Crippen LogP contribution in [-0.4, -0.2) is 25.5 Å². The lowest BCUT2D eigenvalue weighted by Gasteiger charge is -2.31. The summed E-state index contributed by atoms with van der Waals surface area (Å²) >= 11 is 0. The van der Waals surface area contributed by atoms with Crippen LogP contribution in [0.2, 0.25) is 0 Å². The van der Waals surface area contributed by atoms with Crippen LogP contribution in [0.4, 0.5) is 0 Å². The number of aryl methyl sites for hydroxylation is 1. The largest absolute Gasteiger partial charge is 0.309 e. The number of hydrogen-bond donors (Lipinski definition) is 0. The van der Waals surface area contributed by atoms with E-state index in [4.69, 9.17) is 0 Å². The van der Waals surface area contributed by atoms with Crippen molar-refractivity contribution in [2.45, 2.75) is 39.0 Å². The first-order chi connectivity index (χ1) is 8.63. The summed E-state index contributed by atoms with van der Waals surface area (Å²) in [5, 5.41) is 0. The van der Waals surface area contributed by atoms with Gasteiger partial charge in [0.15, 0.2) is 0 Å². The third-order valence-electron chi connectivity index (χ3n) is 4.16. The van der Waals surface area contributed by atoms with Crippen molar-refractivity contribution in [3.8, 4) is 0 Å². The van der Waals surface area contributed by atoms with Crippen LogP contribution >= 0.6 is 12.4 Å². The summed E-state index contributed by atoms with van der Waals surface area (Å²) in [5.41, 5.74) is 2.89. The Labute approximate surface area is 124 Å². The van der Waals surface area contributed by atoms with Gasteiger partial charge in [-0.3, -0.25) is 0 Å². The van der Waals surface area contributed by atoms with Crippen LogP contribution in [0.15, 0.2) is 24.3 Å². The van der Waals surface area contributed by atoms with Crippen LogP contribution < -0.4 is 0 Å². The minimum absolute atomic E-state index is 0. The average Bonchev–Trinajstić information content (AvgIpc) is 2.32. The van der Waals surface area contributed by atoms with Crippen LogP contribution in [0.3, 0.4) is 0 Å². The van der Waals surface area contributed by atoms with E-state index in [-0.39, 0.29) is 12.4 Å². The monoisotopic (exact) mass is 281 g/mol. The maximum absolute atomic E-state index is 2.35. The quantitative estimate of drug-likeness (QED) is 0.794. The Hall–Kier alpha value is -0.530. The third kappa shape index (κ3) is 5.54. The van der Waals surface area contributed by atoms with Crippen LogP contribution in [0.25, 0.3) is 0 Å². The Kier molecular flexibility index (Phi) is 6.88. The minimum atomic E-state index is 0. The number of halogens is 1. The van der Waals surface area contributed by atoms with E-state index in [1.54, 1.807) is 0 Å². The first-order valence-electron chi connectivity index (χ1n) is 7.34. The van der Waals surface area contributed by atoms with E-state index in [0.717, 1.165) is 11.8 Å². The van der Waals surface area contributed by atoms with Crippen LogP contribution in [-0.2, 0) is 6.42 Å². The van der Waals surface area contributed by atoms with Gasteiger partial charge in [-0.05, 0) is 57.7 Å². The van der Waals surface area contributed by atoms with Crippen molar-refractivity contribution in [2.75, 3.05) is 20.6 Å². The van der Waals surface area contributed by atoms with Gasteiger partial charge in [0.25, 0.3) is 0 Å². The molecule has 1 aliphatic carbocycles. The van der Waals surface area contributed by atoms with Gasteiger partial charge in [0.2, 0.25) is 0 Å². The first kappa shape index (κ1) is 16.5. The lowest BCUT2D eigenvalue weighted by Crippen LogP contribution is -2.27. The standard InChI is InChI=1S/C17H27N.ClH/c1-14-7-9-15(10-8-14)11-16-5-4-6-17(12-16)13-18(2)3;/h7-10,16-17H,4-6,11-13H2,1-3H3;1H. The van der Waals surface area contributed by atoms with E-state index >= 15 is 0 Å². The van der Waals surface area contributed by atoms with Crippen molar-refractivity contribution in [3.05, 3.63) is 35.4 Å². The summed E-state index contributed by atoms with van der Waals surface area (Å²) in [6, 6.07) is 9.11. The molecule has 19 heavy (non-hydrogen) atoms. The fraction of sp³-hybridized carbons (Fsp3) is 0.647. The molecule has 1 saturated carbocycles. The summed E-state index contributed by atoms with van der Waals surface area (Å²) in [4.78, 5) is 2.35. The highest BCUT2D eigenvalue weighted by Gasteiger charge is 2.22. The zero-order chi connectivity index (χ0) is 13.0. The van der Waals surface area contributed by atoms with E-state index in [2.05, 4.69) is 50.2 Å². The second kappa shape index (κ2) is 7.91. The van der Waals surface area contributed by atoms with E-state index in [9.17, 15) is 0 Å². The Bertz CT molecular complexity index is 358. The topological polar surface area (TPSA) is 3.24 Å². The molecule has 1 aromatic carbocycles. The highest BCUT2D eigenvalue weighted by atomic mass is 35.5. The predicted octanol–water partition coefficient (Wildman–Crippen LogP) is 4.33. The molecule has 0 radical (unpaired) electrons. The molecule has 0 spiro atoms. The molecule has 0 amide bonds. The summed E-state index contributed by atoms with van der Waals surface area (Å²) in [5.74, 6) is 1.83. The summed E-state index contributed by atoms with van der Waals surface area (Å²) < 4.78 is 0. The summed E-state index contributed by atoms with van der Waals surface area (Å²) in [6.45, 7) is 3.43. The molecule has 2 unspecified atom stereocenters. The van der Waals surface area contributed by atoms with Gasteiger partial charge in [-0.25, -0.2) is 0 Å². The highest BCUT2D eigenvalue weighted by Crippen LogP contribution is 2.31. The molecule has 1 aromatic rings. The maximum Gasteiger partial charge on any atom is 0.000366 e. The molecule has 0 bridgehead atoms. The molecule has 0 aromatic heterocycles. The van der Waals surface area contributed by atoms with Crippen molar-refractivity contribution in [3.63, 3.8) is 0 Å². The number of nitrogens with zero attached hydrogens (tertiary/aromatic N) is 1. The van der Waals surface area contributed by atoms with E-state index < -0.39 is 0 Å². The fourth-order valence-corrected chi connectivity index (χ4v) is 3.33. The van der Waals surface area contributed by atoms with Gasteiger partial charge in [-0.1, -0.05) is 42.7 Å². The smallest absolute Gasteiger partial charge is 0.000366 e. The molecule has 0 heterocycles. The molecule has 2 rings (SSSR count). The number of hydrogen-bond acceptors (Lipinski definition) is 1. The SMILES string of the molecule is Cc1ccc(CC2CCCC(CN(C)C)C2)cc1.Cl. The molecular formula is C17H28ClN. The van der Waals surface area contributed by atoms with Gasteiger partial charge in [-0.15, -0.1) is 12.4 Å². The average molecular weight is 282 g/mol. The molecule has 108 valence electrons. The molecule has 1 nitrogen and oxygen atoms in total. The Morgan fingerprint density at radius 2 is 1.68 bits per heavy atom. The zero-order valence-electron chi connectivity index (χ0n) is 12.6. The van der Waals surface area contributed by atoms with Crippen LogP contribution in [0.1, 0.15) is 36.8 Å². The van der Waals surface area contributed by atoms with Crippen LogP contribution in [0.5, 0.6) is 0 Å². The number of rotatable bonds is 4. The molecule has 1 fully saturated rings. The fourth-order valence-electron chi connectivity index (χ4n) is 3.33. The van der Waals surface area contributed by atoms with Crippen molar-refractivity contribution >= 4 is 12.4 Å². The Morgan fingerprint density at radius 3 is 2.32 bits per heavy atom. The second-order valence-electron chi connectivity index (χ2n) is 6.35. The van der Waals surface area contributed by atoms with E-state index in [1.165, 1.54) is 49.8 Å². The van der Waals surface area contributed by atoms with Gasteiger partial charge >= 0.3 is 0 Å². The molecular weight excluding hydrogens is 254 g/mol. The lowest BCUT2D eigenvalue weighted by molar-refractivity contribution is 0.214. The number of benzene rings is 1. The maximum atomic E-state index is 2.35. The molecule has 2 heteroatoms. The van der Waals surface area contributed by atoms with Gasteiger partial charge < -0.3 is 4.90 Å². The Morgan fingerprint density at radius 1 is 1.05 bits per heavy atom. The second-order valence-corrected chi connectivity index (χ2v) is 6.35. The molecule has 1 aliphatic rings. The van der Waals surface area contributed by atoms with Crippen LogP contribution in [0, 0.1) is 18.8 Å².